The maximum Gasteiger partial charge on any atom is 0.270 e. The van der Waals surface area contributed by atoms with Crippen molar-refractivity contribution in [2.75, 3.05) is 18.0 Å². The molecule has 1 aromatic carbocycles. The molecule has 0 aromatic heterocycles. The number of nitrogens with zero attached hydrogens (tertiary/aromatic N) is 2. The van der Waals surface area contributed by atoms with Crippen LogP contribution in [0.1, 0.15) is 30.1 Å². The number of aldehydes is 1. The van der Waals surface area contributed by atoms with Crippen LogP contribution < -0.4 is 4.90 Å². The van der Waals surface area contributed by atoms with Crippen molar-refractivity contribution in [3.63, 3.8) is 0 Å². The van der Waals surface area contributed by atoms with Crippen LogP contribution in [0.3, 0.4) is 0 Å². The van der Waals surface area contributed by atoms with Gasteiger partial charge in [-0.25, -0.2) is 0 Å². The van der Waals surface area contributed by atoms with Crippen molar-refractivity contribution in [2.45, 2.75) is 19.8 Å². The summed E-state index contributed by atoms with van der Waals surface area (Å²) >= 11 is 0. The monoisotopic (exact) mass is 248 g/mol. The largest absolute Gasteiger partial charge is 0.371 e. The highest BCUT2D eigenvalue weighted by atomic mass is 16.6. The summed E-state index contributed by atoms with van der Waals surface area (Å²) in [5.41, 5.74) is 1.17. The Morgan fingerprint density at radius 3 is 2.89 bits per heavy atom. The number of hydrogen-bond donors (Lipinski definition) is 0. The van der Waals surface area contributed by atoms with Crippen molar-refractivity contribution >= 4 is 17.7 Å². The van der Waals surface area contributed by atoms with E-state index in [0.717, 1.165) is 25.2 Å². The van der Waals surface area contributed by atoms with Gasteiger partial charge in [-0.2, -0.15) is 0 Å². The molecule has 2 rings (SSSR count). The average Bonchev–Trinajstić information content (AvgIpc) is 2.37. The van der Waals surface area contributed by atoms with Gasteiger partial charge in [-0.15, -0.1) is 0 Å². The molecule has 1 aliphatic rings. The molecule has 0 aliphatic carbocycles. The quantitative estimate of drug-likeness (QED) is 0.468. The number of carbonyl (C=O) groups is 1. The van der Waals surface area contributed by atoms with Gasteiger partial charge in [-0.3, -0.25) is 14.9 Å². The molecule has 5 heteroatoms. The molecule has 1 saturated heterocycles. The topological polar surface area (TPSA) is 63.4 Å². The van der Waals surface area contributed by atoms with Crippen molar-refractivity contribution in [1.82, 2.24) is 0 Å². The van der Waals surface area contributed by atoms with Crippen molar-refractivity contribution < 1.29 is 9.72 Å². The van der Waals surface area contributed by atoms with Gasteiger partial charge in [0.15, 0.2) is 6.29 Å². The van der Waals surface area contributed by atoms with Crippen LogP contribution in [0.2, 0.25) is 0 Å². The van der Waals surface area contributed by atoms with Gasteiger partial charge >= 0.3 is 0 Å². The predicted octanol–water partition coefficient (Wildman–Crippen LogP) is 2.64. The van der Waals surface area contributed by atoms with Crippen LogP contribution in [-0.4, -0.2) is 24.3 Å². The molecule has 18 heavy (non-hydrogen) atoms. The first-order valence-corrected chi connectivity index (χ1v) is 6.10. The Bertz CT molecular complexity index is 473. The van der Waals surface area contributed by atoms with Crippen LogP contribution in [-0.2, 0) is 0 Å². The van der Waals surface area contributed by atoms with Crippen LogP contribution >= 0.6 is 0 Å². The summed E-state index contributed by atoms with van der Waals surface area (Å²) in [6, 6.07) is 4.49. The van der Waals surface area contributed by atoms with Gasteiger partial charge in [0.05, 0.1) is 4.92 Å². The number of benzene rings is 1. The summed E-state index contributed by atoms with van der Waals surface area (Å²) in [5, 5.41) is 10.7. The Kier molecular flexibility index (Phi) is 3.60. The highest BCUT2D eigenvalue weighted by molar-refractivity contribution is 5.86. The standard InChI is InChI=1S/C13H16N2O3/c1-10-3-2-6-14(8-10)13-5-4-12(15(17)18)7-11(13)9-16/h4-5,7,9-10H,2-3,6,8H2,1H3. The summed E-state index contributed by atoms with van der Waals surface area (Å²) in [6.07, 6.45) is 2.98. The number of rotatable bonds is 3. The van der Waals surface area contributed by atoms with E-state index in [2.05, 4.69) is 11.8 Å². The van der Waals surface area contributed by atoms with Crippen molar-refractivity contribution in [3.05, 3.63) is 33.9 Å². The average molecular weight is 248 g/mol. The molecule has 1 heterocycles. The number of hydrogen-bond acceptors (Lipinski definition) is 4. The van der Waals surface area contributed by atoms with E-state index < -0.39 is 4.92 Å². The predicted molar refractivity (Wildman–Crippen MR) is 69.1 cm³/mol. The Morgan fingerprint density at radius 2 is 2.28 bits per heavy atom. The van der Waals surface area contributed by atoms with Gasteiger partial charge in [0.1, 0.15) is 0 Å². The summed E-state index contributed by atoms with van der Waals surface area (Å²) in [4.78, 5) is 23.4. The minimum atomic E-state index is -0.477. The van der Waals surface area contributed by atoms with Gasteiger partial charge in [0.25, 0.3) is 5.69 Å². The fourth-order valence-corrected chi connectivity index (χ4v) is 2.45. The molecular weight excluding hydrogens is 232 g/mol. The third-order valence-corrected chi connectivity index (χ3v) is 3.35. The van der Waals surface area contributed by atoms with E-state index in [1.54, 1.807) is 6.07 Å². The zero-order chi connectivity index (χ0) is 13.1. The maximum atomic E-state index is 11.1. The van der Waals surface area contributed by atoms with Gasteiger partial charge in [-0.05, 0) is 24.8 Å². The lowest BCUT2D eigenvalue weighted by Gasteiger charge is -2.33. The lowest BCUT2D eigenvalue weighted by molar-refractivity contribution is -0.384. The van der Waals surface area contributed by atoms with E-state index >= 15 is 0 Å². The van der Waals surface area contributed by atoms with Gasteiger partial charge < -0.3 is 4.90 Å². The first kappa shape index (κ1) is 12.5. The molecule has 0 bridgehead atoms. The Labute approximate surface area is 106 Å². The van der Waals surface area contributed by atoms with Crippen molar-refractivity contribution in [3.8, 4) is 0 Å². The Balaban J connectivity index is 2.32. The Morgan fingerprint density at radius 1 is 1.50 bits per heavy atom. The molecule has 1 atom stereocenters. The zero-order valence-electron chi connectivity index (χ0n) is 10.3. The molecule has 0 radical (unpaired) electrons. The number of piperidine rings is 1. The molecule has 1 aliphatic heterocycles. The molecule has 0 spiro atoms. The molecule has 1 aromatic rings. The first-order chi connectivity index (χ1) is 8.61. The molecule has 1 unspecified atom stereocenters. The maximum absolute atomic E-state index is 11.1. The van der Waals surface area contributed by atoms with E-state index in [1.165, 1.54) is 18.6 Å². The summed E-state index contributed by atoms with van der Waals surface area (Å²) in [5.74, 6) is 0.591. The van der Waals surface area contributed by atoms with E-state index in [-0.39, 0.29) is 5.69 Å². The number of nitro benzene ring substituents is 1. The molecule has 0 saturated carbocycles. The minimum Gasteiger partial charge on any atom is -0.371 e. The van der Waals surface area contributed by atoms with E-state index in [4.69, 9.17) is 0 Å². The fraction of sp³-hybridized carbons (Fsp3) is 0.462. The molecule has 0 N–H and O–H groups in total. The van der Waals surface area contributed by atoms with Crippen molar-refractivity contribution in [2.24, 2.45) is 5.92 Å². The van der Waals surface area contributed by atoms with E-state index in [0.29, 0.717) is 17.8 Å². The minimum absolute atomic E-state index is 0.0362. The summed E-state index contributed by atoms with van der Waals surface area (Å²) in [7, 11) is 0. The summed E-state index contributed by atoms with van der Waals surface area (Å²) in [6.45, 7) is 3.99. The summed E-state index contributed by atoms with van der Waals surface area (Å²) < 4.78 is 0. The third-order valence-electron chi connectivity index (χ3n) is 3.35. The SMILES string of the molecule is CC1CCCN(c2ccc([N+](=O)[O-])cc2C=O)C1. The second kappa shape index (κ2) is 5.16. The number of non-ortho nitro benzene ring substituents is 1. The Hall–Kier alpha value is -1.91. The second-order valence-corrected chi connectivity index (χ2v) is 4.81. The fourth-order valence-electron chi connectivity index (χ4n) is 2.45. The van der Waals surface area contributed by atoms with Gasteiger partial charge in [0, 0.05) is 36.5 Å². The molecule has 96 valence electrons. The smallest absolute Gasteiger partial charge is 0.270 e. The van der Waals surface area contributed by atoms with Crippen LogP contribution in [0.25, 0.3) is 0 Å². The van der Waals surface area contributed by atoms with E-state index in [1.807, 2.05) is 0 Å². The molecule has 0 amide bonds. The normalized spacial score (nSPS) is 19.6. The number of nitro groups is 1. The number of carbonyl (C=O) groups excluding carboxylic acids is 1. The number of anilines is 1. The molecule has 1 fully saturated rings. The van der Waals surface area contributed by atoms with Crippen LogP contribution in [0, 0.1) is 16.0 Å². The highest BCUT2D eigenvalue weighted by Crippen LogP contribution is 2.28. The highest BCUT2D eigenvalue weighted by Gasteiger charge is 2.20. The zero-order valence-corrected chi connectivity index (χ0v) is 10.3. The second-order valence-electron chi connectivity index (χ2n) is 4.81. The lowest BCUT2D eigenvalue weighted by Crippen LogP contribution is -2.34. The third kappa shape index (κ3) is 2.50. The van der Waals surface area contributed by atoms with Gasteiger partial charge in [-0.1, -0.05) is 6.92 Å². The lowest BCUT2D eigenvalue weighted by atomic mass is 9.99. The van der Waals surface area contributed by atoms with Crippen LogP contribution in [0.4, 0.5) is 11.4 Å². The van der Waals surface area contributed by atoms with Gasteiger partial charge in [0.2, 0.25) is 0 Å². The molecular formula is C13H16N2O3. The molecule has 5 nitrogen and oxygen atoms in total. The van der Waals surface area contributed by atoms with Crippen LogP contribution in [0.5, 0.6) is 0 Å². The van der Waals surface area contributed by atoms with Crippen molar-refractivity contribution in [1.29, 1.82) is 0 Å². The van der Waals surface area contributed by atoms with E-state index in [9.17, 15) is 14.9 Å². The van der Waals surface area contributed by atoms with Crippen LogP contribution in [0.15, 0.2) is 18.2 Å². The first-order valence-electron chi connectivity index (χ1n) is 6.10.